The number of Topliss-reactive ketones (excluding diaryl/α,β-unsaturated/α-hetero) is 1. The van der Waals surface area contributed by atoms with Gasteiger partial charge in [-0.1, -0.05) is 48.5 Å². The summed E-state index contributed by atoms with van der Waals surface area (Å²) in [6, 6.07) is 23.7. The molecular formula is C24H18N2O3. The van der Waals surface area contributed by atoms with E-state index >= 15 is 0 Å². The van der Waals surface area contributed by atoms with Crippen LogP contribution < -0.4 is 10.9 Å². The highest BCUT2D eigenvalue weighted by molar-refractivity contribution is 6.05. The van der Waals surface area contributed by atoms with E-state index in [0.717, 1.165) is 16.3 Å². The van der Waals surface area contributed by atoms with Crippen molar-refractivity contribution in [1.82, 2.24) is 4.98 Å². The third-order valence-corrected chi connectivity index (χ3v) is 4.74. The second-order valence-electron chi connectivity index (χ2n) is 6.77. The molecule has 5 heteroatoms. The molecule has 0 aliphatic rings. The van der Waals surface area contributed by atoms with E-state index in [-0.39, 0.29) is 11.3 Å². The van der Waals surface area contributed by atoms with Crippen molar-refractivity contribution >= 4 is 28.2 Å². The zero-order valence-electron chi connectivity index (χ0n) is 15.7. The fourth-order valence-electron chi connectivity index (χ4n) is 3.19. The van der Waals surface area contributed by atoms with Crippen LogP contribution in [0, 0.1) is 0 Å². The first-order valence-corrected chi connectivity index (χ1v) is 9.16. The Morgan fingerprint density at radius 2 is 1.62 bits per heavy atom. The Kier molecular flexibility index (Phi) is 4.79. The second kappa shape index (κ2) is 7.56. The van der Waals surface area contributed by atoms with E-state index in [0.29, 0.717) is 16.9 Å². The standard InChI is InChI=1S/C24H18N2O3/c1-15(27)17-7-4-8-20(14-17)25-23(28)21-11-12-22(26-24(21)29)19-10-9-16-5-2-3-6-18(16)13-19/h2-14H,1H3,(H,25,28)(H,26,29). The van der Waals surface area contributed by atoms with E-state index in [1.165, 1.54) is 13.0 Å². The molecular weight excluding hydrogens is 364 g/mol. The average molecular weight is 382 g/mol. The van der Waals surface area contributed by atoms with Gasteiger partial charge in [-0.3, -0.25) is 14.4 Å². The molecule has 0 spiro atoms. The Labute approximate surface area is 167 Å². The number of anilines is 1. The van der Waals surface area contributed by atoms with Crippen LogP contribution in [-0.2, 0) is 0 Å². The van der Waals surface area contributed by atoms with E-state index < -0.39 is 11.5 Å². The molecule has 0 radical (unpaired) electrons. The molecule has 0 saturated carbocycles. The number of ketones is 1. The molecule has 1 aromatic heterocycles. The fraction of sp³-hybridized carbons (Fsp3) is 0.0417. The number of benzene rings is 3. The minimum atomic E-state index is -0.531. The lowest BCUT2D eigenvalue weighted by Gasteiger charge is -2.08. The maximum atomic E-state index is 12.5. The fourth-order valence-corrected chi connectivity index (χ4v) is 3.19. The van der Waals surface area contributed by atoms with Crippen LogP contribution in [-0.4, -0.2) is 16.7 Å². The van der Waals surface area contributed by atoms with Gasteiger partial charge in [0.1, 0.15) is 5.56 Å². The minimum Gasteiger partial charge on any atom is -0.322 e. The van der Waals surface area contributed by atoms with Gasteiger partial charge in [-0.2, -0.15) is 0 Å². The van der Waals surface area contributed by atoms with Gasteiger partial charge in [0.15, 0.2) is 5.78 Å². The topological polar surface area (TPSA) is 79.0 Å². The van der Waals surface area contributed by atoms with Gasteiger partial charge < -0.3 is 10.3 Å². The first-order chi connectivity index (χ1) is 14.0. The first-order valence-electron chi connectivity index (χ1n) is 9.16. The van der Waals surface area contributed by atoms with Crippen LogP contribution in [0.4, 0.5) is 5.69 Å². The Balaban J connectivity index is 1.61. The molecule has 0 unspecified atom stereocenters. The first kappa shape index (κ1) is 18.4. The van der Waals surface area contributed by atoms with Crippen LogP contribution in [0.1, 0.15) is 27.6 Å². The second-order valence-corrected chi connectivity index (χ2v) is 6.77. The lowest BCUT2D eigenvalue weighted by atomic mass is 10.0. The number of H-pyrrole nitrogens is 1. The van der Waals surface area contributed by atoms with Crippen LogP contribution >= 0.6 is 0 Å². The Hall–Kier alpha value is -3.99. The van der Waals surface area contributed by atoms with E-state index in [1.807, 2.05) is 42.5 Å². The molecule has 0 aliphatic heterocycles. The number of hydrogen-bond acceptors (Lipinski definition) is 3. The molecule has 0 saturated heterocycles. The van der Waals surface area contributed by atoms with Crippen LogP contribution in [0.2, 0.25) is 0 Å². The van der Waals surface area contributed by atoms with Crippen molar-refractivity contribution in [3.8, 4) is 11.3 Å². The molecule has 1 heterocycles. The Morgan fingerprint density at radius 1 is 0.828 bits per heavy atom. The number of pyridine rings is 1. The van der Waals surface area contributed by atoms with Gasteiger partial charge in [-0.05, 0) is 53.6 Å². The van der Waals surface area contributed by atoms with Crippen molar-refractivity contribution < 1.29 is 9.59 Å². The Morgan fingerprint density at radius 3 is 2.38 bits per heavy atom. The molecule has 4 rings (SSSR count). The van der Waals surface area contributed by atoms with Gasteiger partial charge in [0.05, 0.1) is 0 Å². The molecule has 29 heavy (non-hydrogen) atoms. The number of carbonyl (C=O) groups excluding carboxylic acids is 2. The van der Waals surface area contributed by atoms with Crippen molar-refractivity contribution in [3.63, 3.8) is 0 Å². The molecule has 2 N–H and O–H groups in total. The highest BCUT2D eigenvalue weighted by Crippen LogP contribution is 2.22. The monoisotopic (exact) mass is 382 g/mol. The maximum Gasteiger partial charge on any atom is 0.261 e. The molecule has 3 aromatic carbocycles. The number of rotatable bonds is 4. The predicted octanol–water partition coefficient (Wildman–Crippen LogP) is 4.65. The molecule has 4 aromatic rings. The largest absolute Gasteiger partial charge is 0.322 e. The summed E-state index contributed by atoms with van der Waals surface area (Å²) in [6.07, 6.45) is 0. The quantitative estimate of drug-likeness (QED) is 0.504. The van der Waals surface area contributed by atoms with Gasteiger partial charge in [-0.25, -0.2) is 0 Å². The lowest BCUT2D eigenvalue weighted by molar-refractivity contribution is 0.101. The van der Waals surface area contributed by atoms with Gasteiger partial charge in [0, 0.05) is 16.9 Å². The third-order valence-electron chi connectivity index (χ3n) is 4.74. The smallest absolute Gasteiger partial charge is 0.261 e. The minimum absolute atomic E-state index is 0.00256. The summed E-state index contributed by atoms with van der Waals surface area (Å²) in [5.74, 6) is -0.629. The SMILES string of the molecule is CC(=O)c1cccc(NC(=O)c2ccc(-c3ccc4ccccc4c3)[nH]c2=O)c1. The average Bonchev–Trinajstić information content (AvgIpc) is 2.73. The number of aromatic nitrogens is 1. The summed E-state index contributed by atoms with van der Waals surface area (Å²) in [7, 11) is 0. The van der Waals surface area contributed by atoms with Crippen molar-refractivity contribution in [3.05, 3.63) is 100 Å². The maximum absolute atomic E-state index is 12.5. The molecule has 0 fully saturated rings. The molecule has 0 aliphatic carbocycles. The number of amides is 1. The van der Waals surface area contributed by atoms with Gasteiger partial charge >= 0.3 is 0 Å². The van der Waals surface area contributed by atoms with Crippen molar-refractivity contribution in [1.29, 1.82) is 0 Å². The predicted molar refractivity (Wildman–Crippen MR) is 114 cm³/mol. The van der Waals surface area contributed by atoms with Crippen molar-refractivity contribution in [2.45, 2.75) is 6.92 Å². The number of aromatic amines is 1. The number of nitrogens with one attached hydrogen (secondary N) is 2. The Bertz CT molecular complexity index is 1300. The molecule has 1 amide bonds. The van der Waals surface area contributed by atoms with Crippen LogP contribution in [0.5, 0.6) is 0 Å². The van der Waals surface area contributed by atoms with Gasteiger partial charge in [0.2, 0.25) is 0 Å². The molecule has 5 nitrogen and oxygen atoms in total. The van der Waals surface area contributed by atoms with E-state index in [4.69, 9.17) is 0 Å². The summed E-state index contributed by atoms with van der Waals surface area (Å²) >= 11 is 0. The number of carbonyl (C=O) groups is 2. The highest BCUT2D eigenvalue weighted by Gasteiger charge is 2.13. The summed E-state index contributed by atoms with van der Waals surface area (Å²) in [5.41, 5.74) is 1.97. The zero-order chi connectivity index (χ0) is 20.4. The van der Waals surface area contributed by atoms with Crippen molar-refractivity contribution in [2.24, 2.45) is 0 Å². The highest BCUT2D eigenvalue weighted by atomic mass is 16.2. The molecule has 0 atom stereocenters. The number of hydrogen-bond donors (Lipinski definition) is 2. The van der Waals surface area contributed by atoms with E-state index in [9.17, 15) is 14.4 Å². The summed E-state index contributed by atoms with van der Waals surface area (Å²) in [6.45, 7) is 1.46. The normalized spacial score (nSPS) is 10.7. The van der Waals surface area contributed by atoms with Crippen LogP contribution in [0.25, 0.3) is 22.0 Å². The van der Waals surface area contributed by atoms with Crippen molar-refractivity contribution in [2.75, 3.05) is 5.32 Å². The molecule has 142 valence electrons. The van der Waals surface area contributed by atoms with Crippen LogP contribution in [0.3, 0.4) is 0 Å². The van der Waals surface area contributed by atoms with E-state index in [1.54, 1.807) is 30.3 Å². The summed E-state index contributed by atoms with van der Waals surface area (Å²) < 4.78 is 0. The van der Waals surface area contributed by atoms with Gasteiger partial charge in [-0.15, -0.1) is 0 Å². The zero-order valence-corrected chi connectivity index (χ0v) is 15.7. The summed E-state index contributed by atoms with van der Waals surface area (Å²) in [5, 5.41) is 4.85. The summed E-state index contributed by atoms with van der Waals surface area (Å²) in [4.78, 5) is 39.3. The number of fused-ring (bicyclic) bond motifs is 1. The molecule has 0 bridgehead atoms. The van der Waals surface area contributed by atoms with Crippen LogP contribution in [0.15, 0.2) is 83.7 Å². The van der Waals surface area contributed by atoms with E-state index in [2.05, 4.69) is 10.3 Å². The van der Waals surface area contributed by atoms with Gasteiger partial charge in [0.25, 0.3) is 11.5 Å². The third kappa shape index (κ3) is 3.84. The lowest BCUT2D eigenvalue weighted by Crippen LogP contribution is -2.23.